The maximum Gasteiger partial charge on any atom is 0.433 e. The topological polar surface area (TPSA) is 76.5 Å². The number of nitrogens with zero attached hydrogens (tertiary/aromatic N) is 5. The summed E-state index contributed by atoms with van der Waals surface area (Å²) < 4.78 is 47.7. The first-order chi connectivity index (χ1) is 16.2. The summed E-state index contributed by atoms with van der Waals surface area (Å²) >= 11 is 0. The Morgan fingerprint density at radius 3 is 2.62 bits per heavy atom. The zero-order valence-electron chi connectivity index (χ0n) is 18.6. The Hall–Kier alpha value is -3.69. The minimum Gasteiger partial charge on any atom is -0.361 e. The van der Waals surface area contributed by atoms with Crippen LogP contribution in [-0.2, 0) is 6.18 Å². The number of carbonyl (C=O) groups is 1. The smallest absolute Gasteiger partial charge is 0.361 e. The number of fused-ring (bicyclic) bond motifs is 1. The summed E-state index contributed by atoms with van der Waals surface area (Å²) in [5.41, 5.74) is 0.158. The van der Waals surface area contributed by atoms with Crippen molar-refractivity contribution in [2.24, 2.45) is 0 Å². The van der Waals surface area contributed by atoms with Gasteiger partial charge >= 0.3 is 6.18 Å². The quantitative estimate of drug-likeness (QED) is 0.394. The van der Waals surface area contributed by atoms with Gasteiger partial charge in [-0.05, 0) is 18.9 Å². The largest absolute Gasteiger partial charge is 0.433 e. The van der Waals surface area contributed by atoms with Crippen molar-refractivity contribution in [3.8, 4) is 11.3 Å². The molecule has 10 heteroatoms. The molecule has 7 nitrogen and oxygen atoms in total. The van der Waals surface area contributed by atoms with E-state index in [0.717, 1.165) is 18.7 Å². The van der Waals surface area contributed by atoms with E-state index in [2.05, 4.69) is 15.2 Å². The zero-order valence-corrected chi connectivity index (χ0v) is 18.6. The van der Waals surface area contributed by atoms with Crippen molar-refractivity contribution < 1.29 is 22.5 Å². The lowest BCUT2D eigenvalue weighted by atomic mass is 10.1. The van der Waals surface area contributed by atoms with E-state index >= 15 is 0 Å². The molecule has 1 aliphatic heterocycles. The van der Waals surface area contributed by atoms with Crippen molar-refractivity contribution in [1.82, 2.24) is 24.7 Å². The number of rotatable bonds is 4. The van der Waals surface area contributed by atoms with E-state index < -0.39 is 17.8 Å². The number of amides is 1. The number of alkyl halides is 3. The molecule has 4 aromatic rings. The van der Waals surface area contributed by atoms with Crippen LogP contribution in [0.3, 0.4) is 0 Å². The maximum atomic E-state index is 13.9. The molecule has 1 aromatic carbocycles. The van der Waals surface area contributed by atoms with Gasteiger partial charge in [-0.25, -0.2) is 9.50 Å². The summed E-state index contributed by atoms with van der Waals surface area (Å²) in [7, 11) is 0. The fourth-order valence-electron chi connectivity index (χ4n) is 4.28. The molecular formula is C24H22F3N5O2. The Labute approximate surface area is 193 Å². The summed E-state index contributed by atoms with van der Waals surface area (Å²) in [6.07, 6.45) is -2.09. The Balaban J connectivity index is 1.58. The van der Waals surface area contributed by atoms with Gasteiger partial charge in [0.1, 0.15) is 17.0 Å². The third-order valence-electron chi connectivity index (χ3n) is 6.03. The highest BCUT2D eigenvalue weighted by Crippen LogP contribution is 2.36. The van der Waals surface area contributed by atoms with Gasteiger partial charge < -0.3 is 9.42 Å². The molecule has 1 saturated heterocycles. The van der Waals surface area contributed by atoms with Crippen LogP contribution < -0.4 is 0 Å². The zero-order chi connectivity index (χ0) is 24.0. The average molecular weight is 469 g/mol. The maximum absolute atomic E-state index is 13.9. The van der Waals surface area contributed by atoms with Crippen LogP contribution in [0.1, 0.15) is 66.2 Å². The van der Waals surface area contributed by atoms with Crippen molar-refractivity contribution in [2.75, 3.05) is 6.54 Å². The lowest BCUT2D eigenvalue weighted by Crippen LogP contribution is -2.30. The van der Waals surface area contributed by atoms with E-state index in [1.807, 2.05) is 19.9 Å². The van der Waals surface area contributed by atoms with Crippen LogP contribution in [0, 0.1) is 0 Å². The minimum atomic E-state index is -4.68. The van der Waals surface area contributed by atoms with Crippen molar-refractivity contribution in [3.63, 3.8) is 0 Å². The second kappa shape index (κ2) is 8.27. The van der Waals surface area contributed by atoms with Gasteiger partial charge in [-0.2, -0.15) is 18.3 Å². The van der Waals surface area contributed by atoms with E-state index in [1.165, 1.54) is 0 Å². The first-order valence-electron chi connectivity index (χ1n) is 11.0. The second-order valence-electron chi connectivity index (χ2n) is 8.65. The molecule has 4 heterocycles. The number of aromatic nitrogens is 4. The number of likely N-dealkylation sites (tertiary alicyclic amines) is 1. The lowest BCUT2D eigenvalue weighted by molar-refractivity contribution is -0.142. The normalized spacial score (nSPS) is 16.6. The van der Waals surface area contributed by atoms with Crippen molar-refractivity contribution in [1.29, 1.82) is 0 Å². The van der Waals surface area contributed by atoms with Crippen LogP contribution >= 0.6 is 0 Å². The highest BCUT2D eigenvalue weighted by molar-refractivity contribution is 6.00. The van der Waals surface area contributed by atoms with Crippen LogP contribution in [-0.4, -0.2) is 37.1 Å². The molecule has 0 radical (unpaired) electrons. The predicted octanol–water partition coefficient (Wildman–Crippen LogP) is 5.50. The number of halogens is 3. The number of benzene rings is 1. The average Bonchev–Trinajstić information content (AvgIpc) is 3.56. The lowest BCUT2D eigenvalue weighted by Gasteiger charge is -2.22. The molecule has 0 unspecified atom stereocenters. The molecule has 1 aliphatic rings. The third kappa shape index (κ3) is 3.82. The molecule has 3 aromatic heterocycles. The van der Waals surface area contributed by atoms with Crippen molar-refractivity contribution >= 4 is 11.6 Å². The first-order valence-corrected chi connectivity index (χ1v) is 11.0. The van der Waals surface area contributed by atoms with Gasteiger partial charge in [0.15, 0.2) is 11.3 Å². The molecule has 0 aliphatic carbocycles. The molecule has 34 heavy (non-hydrogen) atoms. The first kappa shape index (κ1) is 22.1. The number of carbonyl (C=O) groups excluding carboxylic acids is 1. The van der Waals surface area contributed by atoms with E-state index in [-0.39, 0.29) is 28.9 Å². The molecule has 0 saturated carbocycles. The fraction of sp³-hybridized carbons (Fsp3) is 0.333. The fourth-order valence-corrected chi connectivity index (χ4v) is 4.28. The van der Waals surface area contributed by atoms with Crippen LogP contribution in [0.5, 0.6) is 0 Å². The monoisotopic (exact) mass is 469 g/mol. The summed E-state index contributed by atoms with van der Waals surface area (Å²) in [5, 5.41) is 8.03. The molecule has 1 amide bonds. The Morgan fingerprint density at radius 1 is 1.18 bits per heavy atom. The molecule has 0 spiro atoms. The van der Waals surface area contributed by atoms with Crippen LogP contribution in [0.25, 0.3) is 16.9 Å². The Bertz CT molecular complexity index is 1340. The molecule has 0 N–H and O–H groups in total. The van der Waals surface area contributed by atoms with Crippen LogP contribution in [0.4, 0.5) is 13.2 Å². The van der Waals surface area contributed by atoms with Gasteiger partial charge in [-0.3, -0.25) is 4.79 Å². The number of hydrogen-bond acceptors (Lipinski definition) is 5. The van der Waals surface area contributed by atoms with E-state index in [1.54, 1.807) is 35.2 Å². The van der Waals surface area contributed by atoms with Gasteiger partial charge in [-0.15, -0.1) is 0 Å². The standard InChI is InChI=1S/C24H22F3N5O2/c1-14(2)20-11-18(30-34-20)19-9-6-10-31(19)23(33)16-13-28-32-21(24(25,26)27)12-17(29-22(16)32)15-7-4-3-5-8-15/h3-5,7-8,11-14,19H,6,9-10H2,1-2H3/t19-/m0/s1. The van der Waals surface area contributed by atoms with Gasteiger partial charge in [-0.1, -0.05) is 49.3 Å². The van der Waals surface area contributed by atoms with Gasteiger partial charge in [0.2, 0.25) is 0 Å². The predicted molar refractivity (Wildman–Crippen MR) is 117 cm³/mol. The van der Waals surface area contributed by atoms with Gasteiger partial charge in [0.25, 0.3) is 5.91 Å². The van der Waals surface area contributed by atoms with E-state index in [9.17, 15) is 18.0 Å². The summed E-state index contributed by atoms with van der Waals surface area (Å²) in [6.45, 7) is 4.42. The molecule has 1 fully saturated rings. The molecule has 0 bridgehead atoms. The SMILES string of the molecule is CC(C)c1cc([C@@H]2CCCN2C(=O)c2cnn3c(C(F)(F)F)cc(-c4ccccc4)nc23)no1. The summed E-state index contributed by atoms with van der Waals surface area (Å²) in [4.78, 5) is 19.6. The Morgan fingerprint density at radius 2 is 1.94 bits per heavy atom. The van der Waals surface area contributed by atoms with Crippen LogP contribution in [0.2, 0.25) is 0 Å². The number of hydrogen-bond donors (Lipinski definition) is 0. The van der Waals surface area contributed by atoms with Gasteiger partial charge in [0.05, 0.1) is 17.9 Å². The van der Waals surface area contributed by atoms with E-state index in [4.69, 9.17) is 4.52 Å². The molecule has 5 rings (SSSR count). The Kier molecular flexibility index (Phi) is 5.38. The third-order valence-corrected chi connectivity index (χ3v) is 6.03. The second-order valence-corrected chi connectivity index (χ2v) is 8.65. The van der Waals surface area contributed by atoms with E-state index in [0.29, 0.717) is 34.5 Å². The molecular weight excluding hydrogens is 447 g/mol. The van der Waals surface area contributed by atoms with Crippen molar-refractivity contribution in [3.05, 3.63) is 71.4 Å². The van der Waals surface area contributed by atoms with Crippen LogP contribution in [0.15, 0.2) is 53.2 Å². The summed E-state index contributed by atoms with van der Waals surface area (Å²) in [5.74, 6) is 0.430. The minimum absolute atomic E-state index is 0.0164. The molecule has 176 valence electrons. The van der Waals surface area contributed by atoms with Crippen molar-refractivity contribution in [2.45, 2.75) is 44.8 Å². The molecule has 1 atom stereocenters. The highest BCUT2D eigenvalue weighted by Gasteiger charge is 2.38. The van der Waals surface area contributed by atoms with Gasteiger partial charge in [0, 0.05) is 24.1 Å². The highest BCUT2D eigenvalue weighted by atomic mass is 19.4. The summed E-state index contributed by atoms with van der Waals surface area (Å²) in [6, 6.07) is 11.0.